The second-order valence-electron chi connectivity index (χ2n) is 4.15. The predicted molar refractivity (Wildman–Crippen MR) is 72.0 cm³/mol. The van der Waals surface area contributed by atoms with Gasteiger partial charge in [-0.15, -0.1) is 0 Å². The number of ether oxygens (including phenoxy) is 1. The number of halogens is 1. The summed E-state index contributed by atoms with van der Waals surface area (Å²) in [6.07, 6.45) is 2.00. The zero-order valence-corrected chi connectivity index (χ0v) is 11.1. The molecule has 1 heterocycles. The predicted octanol–water partition coefficient (Wildman–Crippen LogP) is 4.16. The Hall–Kier alpha value is -1.28. The van der Waals surface area contributed by atoms with E-state index in [1.165, 1.54) is 0 Å². The van der Waals surface area contributed by atoms with E-state index in [1.807, 2.05) is 25.1 Å². The molecule has 0 atom stereocenters. The van der Waals surface area contributed by atoms with E-state index in [-0.39, 0.29) is 0 Å². The third-order valence-electron chi connectivity index (χ3n) is 2.86. The molecule has 0 spiro atoms. The highest BCUT2D eigenvalue weighted by molar-refractivity contribution is 6.35. The Balaban J connectivity index is 2.75. The van der Waals surface area contributed by atoms with Crippen LogP contribution in [-0.2, 0) is 6.42 Å². The second kappa shape index (κ2) is 4.92. The molecule has 0 bridgehead atoms. The summed E-state index contributed by atoms with van der Waals surface area (Å²) in [5.74, 6) is 0.783. The lowest BCUT2D eigenvalue weighted by molar-refractivity contribution is 0.418. The fourth-order valence-corrected chi connectivity index (χ4v) is 2.39. The number of pyridine rings is 1. The van der Waals surface area contributed by atoms with Gasteiger partial charge in [0.25, 0.3) is 0 Å². The molecule has 2 aromatic rings. The first-order valence-corrected chi connectivity index (χ1v) is 6.18. The van der Waals surface area contributed by atoms with Crippen LogP contribution in [0.1, 0.15) is 24.6 Å². The lowest BCUT2D eigenvalue weighted by atomic mass is 10.1. The van der Waals surface area contributed by atoms with Crippen molar-refractivity contribution in [1.82, 2.24) is 4.98 Å². The number of aromatic nitrogens is 1. The van der Waals surface area contributed by atoms with Crippen molar-refractivity contribution in [3.63, 3.8) is 0 Å². The quantitative estimate of drug-likeness (QED) is 0.815. The number of hydrogen-bond acceptors (Lipinski definition) is 2. The highest BCUT2D eigenvalue weighted by atomic mass is 35.5. The Bertz CT molecular complexity index is 551. The van der Waals surface area contributed by atoms with E-state index in [0.717, 1.165) is 45.8 Å². The van der Waals surface area contributed by atoms with Gasteiger partial charge in [-0.2, -0.15) is 0 Å². The van der Waals surface area contributed by atoms with Gasteiger partial charge in [0.15, 0.2) is 0 Å². The number of fused-ring (bicyclic) bond motifs is 1. The lowest BCUT2D eigenvalue weighted by Crippen LogP contribution is -1.95. The molecule has 1 aromatic heterocycles. The molecule has 2 nitrogen and oxygen atoms in total. The Kier molecular flexibility index (Phi) is 3.53. The maximum atomic E-state index is 6.34. The van der Waals surface area contributed by atoms with Crippen LogP contribution < -0.4 is 4.74 Å². The van der Waals surface area contributed by atoms with Crippen LogP contribution in [0.25, 0.3) is 10.9 Å². The molecule has 0 N–H and O–H groups in total. The summed E-state index contributed by atoms with van der Waals surface area (Å²) in [5, 5.41) is 1.75. The topological polar surface area (TPSA) is 22.1 Å². The monoisotopic (exact) mass is 249 g/mol. The molecule has 1 aromatic carbocycles. The highest BCUT2D eigenvalue weighted by Gasteiger charge is 2.10. The molecule has 0 saturated heterocycles. The molecular weight excluding hydrogens is 234 g/mol. The largest absolute Gasteiger partial charge is 0.494 e. The summed E-state index contributed by atoms with van der Waals surface area (Å²) >= 11 is 6.34. The zero-order valence-electron chi connectivity index (χ0n) is 10.4. The van der Waals surface area contributed by atoms with E-state index in [9.17, 15) is 0 Å². The molecule has 0 aliphatic carbocycles. The van der Waals surface area contributed by atoms with Crippen LogP contribution in [0.2, 0.25) is 5.02 Å². The van der Waals surface area contributed by atoms with Gasteiger partial charge >= 0.3 is 0 Å². The molecule has 0 saturated carbocycles. The molecule has 0 aliphatic heterocycles. The van der Waals surface area contributed by atoms with E-state index in [0.29, 0.717) is 0 Å². The molecule has 0 fully saturated rings. The van der Waals surface area contributed by atoms with Gasteiger partial charge in [0.1, 0.15) is 11.3 Å². The van der Waals surface area contributed by atoms with E-state index >= 15 is 0 Å². The van der Waals surface area contributed by atoms with E-state index in [4.69, 9.17) is 16.3 Å². The summed E-state index contributed by atoms with van der Waals surface area (Å²) < 4.78 is 5.35. The van der Waals surface area contributed by atoms with Crippen molar-refractivity contribution in [3.8, 4) is 5.75 Å². The van der Waals surface area contributed by atoms with Gasteiger partial charge in [-0.1, -0.05) is 31.0 Å². The van der Waals surface area contributed by atoms with Gasteiger partial charge < -0.3 is 4.74 Å². The van der Waals surface area contributed by atoms with Gasteiger partial charge in [-0.3, -0.25) is 0 Å². The van der Waals surface area contributed by atoms with Crippen LogP contribution in [-0.4, -0.2) is 12.1 Å². The average Bonchev–Trinajstić information content (AvgIpc) is 2.29. The number of benzene rings is 1. The van der Waals surface area contributed by atoms with Gasteiger partial charge in [0.05, 0.1) is 12.1 Å². The van der Waals surface area contributed by atoms with Crippen molar-refractivity contribution < 1.29 is 4.74 Å². The van der Waals surface area contributed by atoms with Crippen molar-refractivity contribution in [3.05, 3.63) is 34.5 Å². The minimum atomic E-state index is 0.759. The Morgan fingerprint density at radius 2 is 2.12 bits per heavy atom. The maximum Gasteiger partial charge on any atom is 0.145 e. The number of rotatable bonds is 3. The van der Waals surface area contributed by atoms with Crippen LogP contribution in [0, 0.1) is 6.92 Å². The molecule has 0 amide bonds. The van der Waals surface area contributed by atoms with Gasteiger partial charge in [-0.05, 0) is 31.0 Å². The van der Waals surface area contributed by atoms with Crippen LogP contribution in [0.3, 0.4) is 0 Å². The Morgan fingerprint density at radius 3 is 2.76 bits per heavy atom. The summed E-state index contributed by atoms with van der Waals surface area (Å²) in [5.41, 5.74) is 3.01. The van der Waals surface area contributed by atoms with Crippen LogP contribution >= 0.6 is 11.6 Å². The maximum absolute atomic E-state index is 6.34. The standard InChI is InChI=1S/C14H16ClNO/c1-4-5-10-8-11(15)13-9(2)6-7-12(17-3)14(13)16-10/h6-8H,4-5H2,1-3H3. The molecule has 0 unspecified atom stereocenters. The average molecular weight is 250 g/mol. The van der Waals surface area contributed by atoms with Crippen molar-refractivity contribution in [2.24, 2.45) is 0 Å². The molecule has 0 aliphatic rings. The number of methoxy groups -OCH3 is 1. The SMILES string of the molecule is CCCc1cc(Cl)c2c(C)ccc(OC)c2n1. The fourth-order valence-electron chi connectivity index (χ4n) is 2.03. The van der Waals surface area contributed by atoms with Crippen LogP contribution in [0.5, 0.6) is 5.75 Å². The molecule has 0 radical (unpaired) electrons. The number of hydrogen-bond donors (Lipinski definition) is 0. The second-order valence-corrected chi connectivity index (χ2v) is 4.56. The molecule has 17 heavy (non-hydrogen) atoms. The fraction of sp³-hybridized carbons (Fsp3) is 0.357. The first kappa shape index (κ1) is 12.2. The van der Waals surface area contributed by atoms with Crippen molar-refractivity contribution >= 4 is 22.5 Å². The van der Waals surface area contributed by atoms with Gasteiger partial charge in [0.2, 0.25) is 0 Å². The number of nitrogens with zero attached hydrogens (tertiary/aromatic N) is 1. The van der Waals surface area contributed by atoms with Crippen molar-refractivity contribution in [1.29, 1.82) is 0 Å². The summed E-state index contributed by atoms with van der Waals surface area (Å²) in [6, 6.07) is 5.91. The highest BCUT2D eigenvalue weighted by Crippen LogP contribution is 2.32. The first-order valence-electron chi connectivity index (χ1n) is 5.80. The Morgan fingerprint density at radius 1 is 1.35 bits per heavy atom. The first-order chi connectivity index (χ1) is 8.17. The molecule has 3 heteroatoms. The van der Waals surface area contributed by atoms with E-state index < -0.39 is 0 Å². The van der Waals surface area contributed by atoms with E-state index in [2.05, 4.69) is 11.9 Å². The van der Waals surface area contributed by atoms with E-state index in [1.54, 1.807) is 7.11 Å². The minimum Gasteiger partial charge on any atom is -0.494 e. The van der Waals surface area contributed by atoms with Gasteiger partial charge in [0, 0.05) is 11.1 Å². The molecular formula is C14H16ClNO. The van der Waals surface area contributed by atoms with Gasteiger partial charge in [-0.25, -0.2) is 4.98 Å². The van der Waals surface area contributed by atoms with Crippen molar-refractivity contribution in [2.45, 2.75) is 26.7 Å². The minimum absolute atomic E-state index is 0.759. The summed E-state index contributed by atoms with van der Waals surface area (Å²) in [7, 11) is 1.66. The third kappa shape index (κ3) is 2.22. The smallest absolute Gasteiger partial charge is 0.145 e. The van der Waals surface area contributed by atoms with Crippen LogP contribution in [0.4, 0.5) is 0 Å². The molecule has 2 rings (SSSR count). The van der Waals surface area contributed by atoms with Crippen molar-refractivity contribution in [2.75, 3.05) is 7.11 Å². The van der Waals surface area contributed by atoms with Crippen LogP contribution in [0.15, 0.2) is 18.2 Å². The lowest BCUT2D eigenvalue weighted by Gasteiger charge is -2.10. The summed E-state index contributed by atoms with van der Waals surface area (Å²) in [4.78, 5) is 4.65. The zero-order chi connectivity index (χ0) is 12.4. The normalized spacial score (nSPS) is 10.8. The third-order valence-corrected chi connectivity index (χ3v) is 3.16. The summed E-state index contributed by atoms with van der Waals surface area (Å²) in [6.45, 7) is 4.17. The Labute approximate surface area is 107 Å². The molecule has 90 valence electrons. The number of aryl methyl sites for hydroxylation is 2.